The molecule has 0 bridgehead atoms. The van der Waals surface area contributed by atoms with E-state index in [4.69, 9.17) is 11.6 Å². The maximum absolute atomic E-state index is 6.78. The van der Waals surface area contributed by atoms with Gasteiger partial charge in [0.15, 0.2) is 0 Å². The van der Waals surface area contributed by atoms with Gasteiger partial charge in [-0.05, 0) is 57.0 Å². The van der Waals surface area contributed by atoms with E-state index in [-0.39, 0.29) is 5.38 Å². The highest BCUT2D eigenvalue weighted by atomic mass is 127. The normalized spacial score (nSPS) is 12.6. The van der Waals surface area contributed by atoms with Gasteiger partial charge in [-0.3, -0.25) is 0 Å². The highest BCUT2D eigenvalue weighted by Gasteiger charge is 2.16. The van der Waals surface area contributed by atoms with Gasteiger partial charge in [0, 0.05) is 3.57 Å². The van der Waals surface area contributed by atoms with Crippen LogP contribution in [0, 0.1) is 10.5 Å². The number of fused-ring (bicyclic) bond motifs is 1. The third-order valence-electron chi connectivity index (χ3n) is 3.59. The Labute approximate surface area is 137 Å². The molecule has 0 N–H and O–H groups in total. The van der Waals surface area contributed by atoms with Gasteiger partial charge in [0.25, 0.3) is 0 Å². The summed E-state index contributed by atoms with van der Waals surface area (Å²) in [5, 5.41) is 2.35. The van der Waals surface area contributed by atoms with E-state index >= 15 is 0 Å². The van der Waals surface area contributed by atoms with Crippen molar-refractivity contribution in [3.63, 3.8) is 0 Å². The van der Waals surface area contributed by atoms with Crippen molar-refractivity contribution in [3.05, 3.63) is 80.9 Å². The first-order valence-electron chi connectivity index (χ1n) is 6.55. The monoisotopic (exact) mass is 392 g/mol. The van der Waals surface area contributed by atoms with Gasteiger partial charge < -0.3 is 0 Å². The van der Waals surface area contributed by atoms with Gasteiger partial charge in [-0.2, -0.15) is 0 Å². The van der Waals surface area contributed by atoms with Gasteiger partial charge in [-0.1, -0.05) is 60.7 Å². The molecule has 100 valence electrons. The summed E-state index contributed by atoms with van der Waals surface area (Å²) in [6.07, 6.45) is 0. The Morgan fingerprint density at radius 2 is 1.50 bits per heavy atom. The maximum Gasteiger partial charge on any atom is 0.0851 e. The first-order chi connectivity index (χ1) is 9.68. The quantitative estimate of drug-likeness (QED) is 0.366. The summed E-state index contributed by atoms with van der Waals surface area (Å²) in [6.45, 7) is 2.12. The van der Waals surface area contributed by atoms with Crippen LogP contribution in [0.4, 0.5) is 0 Å². The van der Waals surface area contributed by atoms with E-state index in [0.29, 0.717) is 0 Å². The molecule has 1 unspecified atom stereocenters. The van der Waals surface area contributed by atoms with Crippen molar-refractivity contribution in [1.82, 2.24) is 0 Å². The standard InChI is InChI=1S/C18H14ClI/c1-12-6-4-11-16(18(12)20)17(19)15-10-5-8-13-7-2-3-9-14(13)15/h2-11,17H,1H3. The molecule has 0 saturated heterocycles. The van der Waals surface area contributed by atoms with Crippen molar-refractivity contribution in [3.8, 4) is 0 Å². The molecule has 20 heavy (non-hydrogen) atoms. The first-order valence-corrected chi connectivity index (χ1v) is 8.07. The van der Waals surface area contributed by atoms with E-state index in [1.54, 1.807) is 0 Å². The number of halogens is 2. The third-order valence-corrected chi connectivity index (χ3v) is 5.53. The minimum Gasteiger partial charge on any atom is -0.113 e. The lowest BCUT2D eigenvalue weighted by atomic mass is 9.97. The minimum atomic E-state index is -0.118. The molecule has 0 aliphatic rings. The molecule has 0 saturated carbocycles. The van der Waals surface area contributed by atoms with Crippen LogP contribution in [0.1, 0.15) is 22.1 Å². The molecule has 0 heterocycles. The molecule has 0 aromatic heterocycles. The fourth-order valence-corrected chi connectivity index (χ4v) is 3.73. The Kier molecular flexibility index (Phi) is 3.99. The van der Waals surface area contributed by atoms with Crippen LogP contribution in [0.25, 0.3) is 10.8 Å². The highest BCUT2D eigenvalue weighted by Crippen LogP contribution is 2.36. The van der Waals surface area contributed by atoms with Crippen LogP contribution in [-0.4, -0.2) is 0 Å². The Balaban J connectivity index is 2.18. The molecule has 3 aromatic rings. The zero-order chi connectivity index (χ0) is 14.1. The zero-order valence-electron chi connectivity index (χ0n) is 11.1. The van der Waals surface area contributed by atoms with E-state index in [1.807, 2.05) is 0 Å². The van der Waals surface area contributed by atoms with Crippen LogP contribution in [0.15, 0.2) is 60.7 Å². The second kappa shape index (κ2) is 5.74. The molecule has 2 heteroatoms. The van der Waals surface area contributed by atoms with E-state index in [9.17, 15) is 0 Å². The van der Waals surface area contributed by atoms with Gasteiger partial charge in [-0.25, -0.2) is 0 Å². The van der Waals surface area contributed by atoms with Gasteiger partial charge in [-0.15, -0.1) is 11.6 Å². The molecule has 0 aliphatic heterocycles. The van der Waals surface area contributed by atoms with Crippen LogP contribution < -0.4 is 0 Å². The number of hydrogen-bond acceptors (Lipinski definition) is 0. The van der Waals surface area contributed by atoms with Gasteiger partial charge >= 0.3 is 0 Å². The van der Waals surface area contributed by atoms with Crippen LogP contribution >= 0.6 is 34.2 Å². The second-order valence-electron chi connectivity index (χ2n) is 4.91. The van der Waals surface area contributed by atoms with Crippen molar-refractivity contribution in [1.29, 1.82) is 0 Å². The fraction of sp³-hybridized carbons (Fsp3) is 0.111. The Morgan fingerprint density at radius 1 is 0.850 bits per heavy atom. The van der Waals surface area contributed by atoms with E-state index in [2.05, 4.69) is 90.2 Å². The van der Waals surface area contributed by atoms with Crippen molar-refractivity contribution < 1.29 is 0 Å². The van der Waals surface area contributed by atoms with E-state index < -0.39 is 0 Å². The van der Waals surface area contributed by atoms with Gasteiger partial charge in [0.1, 0.15) is 0 Å². The number of aryl methyl sites for hydroxylation is 1. The second-order valence-corrected chi connectivity index (χ2v) is 6.42. The fourth-order valence-electron chi connectivity index (χ4n) is 2.50. The summed E-state index contributed by atoms with van der Waals surface area (Å²) in [7, 11) is 0. The lowest BCUT2D eigenvalue weighted by molar-refractivity contribution is 1.13. The molecule has 0 nitrogen and oxygen atoms in total. The molecule has 0 spiro atoms. The summed E-state index contributed by atoms with van der Waals surface area (Å²) in [4.78, 5) is 0. The van der Waals surface area contributed by atoms with E-state index in [1.165, 1.54) is 31.0 Å². The van der Waals surface area contributed by atoms with Gasteiger partial charge in [0.05, 0.1) is 5.38 Å². The summed E-state index contributed by atoms with van der Waals surface area (Å²) in [6, 6.07) is 21.0. The maximum atomic E-state index is 6.78. The van der Waals surface area contributed by atoms with Gasteiger partial charge in [0.2, 0.25) is 0 Å². The Morgan fingerprint density at radius 3 is 2.35 bits per heavy atom. The van der Waals surface area contributed by atoms with Crippen LogP contribution in [-0.2, 0) is 0 Å². The van der Waals surface area contributed by atoms with Crippen LogP contribution in [0.5, 0.6) is 0 Å². The Hall–Kier alpha value is -1.06. The largest absolute Gasteiger partial charge is 0.113 e. The number of hydrogen-bond donors (Lipinski definition) is 0. The lowest BCUT2D eigenvalue weighted by Gasteiger charge is -2.16. The number of rotatable bonds is 2. The van der Waals surface area contributed by atoms with Crippen molar-refractivity contribution in [2.75, 3.05) is 0 Å². The molecule has 3 aromatic carbocycles. The van der Waals surface area contributed by atoms with Crippen molar-refractivity contribution in [2.45, 2.75) is 12.3 Å². The molecule has 0 amide bonds. The van der Waals surface area contributed by atoms with Crippen molar-refractivity contribution in [2.24, 2.45) is 0 Å². The molecule has 0 radical (unpaired) electrons. The summed E-state index contributed by atoms with van der Waals surface area (Å²) in [5.74, 6) is 0. The summed E-state index contributed by atoms with van der Waals surface area (Å²) >= 11 is 9.17. The minimum absolute atomic E-state index is 0.118. The molecular formula is C18H14ClI. The average molecular weight is 393 g/mol. The molecule has 1 atom stereocenters. The predicted octanol–water partition coefficient (Wildman–Crippen LogP) is 6.08. The van der Waals surface area contributed by atoms with Crippen LogP contribution in [0.2, 0.25) is 0 Å². The first kappa shape index (κ1) is 13.9. The molecule has 0 aliphatic carbocycles. The zero-order valence-corrected chi connectivity index (χ0v) is 14.0. The predicted molar refractivity (Wildman–Crippen MR) is 95.5 cm³/mol. The summed E-state index contributed by atoms with van der Waals surface area (Å²) in [5.41, 5.74) is 3.63. The highest BCUT2D eigenvalue weighted by molar-refractivity contribution is 14.1. The third kappa shape index (κ3) is 2.45. The van der Waals surface area contributed by atoms with E-state index in [0.717, 1.165) is 0 Å². The molecular weight excluding hydrogens is 379 g/mol. The lowest BCUT2D eigenvalue weighted by Crippen LogP contribution is -1.98. The molecule has 3 rings (SSSR count). The SMILES string of the molecule is Cc1cccc(C(Cl)c2cccc3ccccc23)c1I. The van der Waals surface area contributed by atoms with Crippen LogP contribution in [0.3, 0.4) is 0 Å². The average Bonchev–Trinajstić information content (AvgIpc) is 2.49. The smallest absolute Gasteiger partial charge is 0.0851 e. The summed E-state index contributed by atoms with van der Waals surface area (Å²) < 4.78 is 1.25. The Bertz CT molecular complexity index is 759. The number of alkyl halides is 1. The number of benzene rings is 3. The molecule has 0 fully saturated rings. The van der Waals surface area contributed by atoms with Crippen molar-refractivity contribution >= 4 is 45.0 Å². The topological polar surface area (TPSA) is 0 Å².